The van der Waals surface area contributed by atoms with Crippen molar-refractivity contribution in [3.63, 3.8) is 0 Å². The van der Waals surface area contributed by atoms with Crippen molar-refractivity contribution in [1.82, 2.24) is 14.9 Å². The molecule has 2 atom stereocenters. The SMILES string of the molecule is CC1CN(c2cc(F)c(-c3cnc(N(C)C)c(F)c3)c(F)c2NC(=O)c2c[nH]c(=O)cc2C(F)(F)F)CC(C)N1C. The van der Waals surface area contributed by atoms with Crippen molar-refractivity contribution in [2.24, 2.45) is 0 Å². The molecule has 2 N–H and O–H groups in total. The number of alkyl halides is 3. The summed E-state index contributed by atoms with van der Waals surface area (Å²) in [5.74, 6) is -4.77. The molecule has 1 aliphatic rings. The molecule has 2 unspecified atom stereocenters. The molecule has 0 radical (unpaired) electrons. The number of aromatic amines is 1. The number of hydrogen-bond acceptors (Lipinski definition) is 6. The average molecular weight is 583 g/mol. The van der Waals surface area contributed by atoms with Gasteiger partial charge in [-0.05, 0) is 27.0 Å². The van der Waals surface area contributed by atoms with Crippen molar-refractivity contribution >= 4 is 23.1 Å². The van der Waals surface area contributed by atoms with Crippen LogP contribution in [-0.2, 0) is 6.18 Å². The molecule has 1 amide bonds. The molecule has 2 aromatic heterocycles. The van der Waals surface area contributed by atoms with Crippen molar-refractivity contribution < 1.29 is 31.1 Å². The number of nitrogens with zero attached hydrogens (tertiary/aromatic N) is 4. The Kier molecular flexibility index (Phi) is 8.07. The maximum atomic E-state index is 16.2. The molecule has 0 saturated carbocycles. The topological polar surface area (TPSA) is 84.6 Å². The van der Waals surface area contributed by atoms with E-state index in [-0.39, 0.29) is 48.3 Å². The summed E-state index contributed by atoms with van der Waals surface area (Å²) in [5, 5.41) is 2.17. The summed E-state index contributed by atoms with van der Waals surface area (Å²) in [4.78, 5) is 35.7. The first-order valence-electron chi connectivity index (χ1n) is 12.5. The van der Waals surface area contributed by atoms with Gasteiger partial charge >= 0.3 is 6.18 Å². The summed E-state index contributed by atoms with van der Waals surface area (Å²) in [6.45, 7) is 4.33. The smallest absolute Gasteiger partial charge is 0.367 e. The highest BCUT2D eigenvalue weighted by molar-refractivity contribution is 6.07. The van der Waals surface area contributed by atoms with Crippen molar-refractivity contribution in [2.45, 2.75) is 32.1 Å². The summed E-state index contributed by atoms with van der Waals surface area (Å²) >= 11 is 0. The fourth-order valence-electron chi connectivity index (χ4n) is 4.81. The van der Waals surface area contributed by atoms with Gasteiger partial charge in [-0.2, -0.15) is 13.2 Å². The van der Waals surface area contributed by atoms with Gasteiger partial charge in [0.2, 0.25) is 5.56 Å². The Morgan fingerprint density at radius 3 is 2.27 bits per heavy atom. The van der Waals surface area contributed by atoms with Gasteiger partial charge in [-0.1, -0.05) is 0 Å². The molecule has 14 heteroatoms. The van der Waals surface area contributed by atoms with E-state index in [1.54, 1.807) is 4.90 Å². The maximum absolute atomic E-state index is 16.2. The predicted molar refractivity (Wildman–Crippen MR) is 143 cm³/mol. The van der Waals surface area contributed by atoms with Gasteiger partial charge in [0.25, 0.3) is 5.91 Å². The highest BCUT2D eigenvalue weighted by atomic mass is 19.4. The molecule has 0 bridgehead atoms. The van der Waals surface area contributed by atoms with Crippen LogP contribution in [0.3, 0.4) is 0 Å². The highest BCUT2D eigenvalue weighted by Crippen LogP contribution is 2.40. The van der Waals surface area contributed by atoms with Crippen LogP contribution in [0.1, 0.15) is 29.8 Å². The second-order valence-electron chi connectivity index (χ2n) is 10.2. The third-order valence-corrected chi connectivity index (χ3v) is 7.14. The van der Waals surface area contributed by atoms with Crippen LogP contribution >= 0.6 is 0 Å². The molecule has 41 heavy (non-hydrogen) atoms. The van der Waals surface area contributed by atoms with Gasteiger partial charge in [0.1, 0.15) is 11.5 Å². The normalized spacial score (nSPS) is 18.0. The molecule has 4 rings (SSSR count). The van der Waals surface area contributed by atoms with Crippen molar-refractivity contribution in [1.29, 1.82) is 0 Å². The zero-order valence-corrected chi connectivity index (χ0v) is 22.8. The van der Waals surface area contributed by atoms with E-state index in [1.807, 2.05) is 30.8 Å². The van der Waals surface area contributed by atoms with Crippen LogP contribution in [0.15, 0.2) is 35.4 Å². The summed E-state index contributed by atoms with van der Waals surface area (Å²) in [7, 11) is 4.94. The van der Waals surface area contributed by atoms with E-state index in [0.717, 1.165) is 18.3 Å². The number of rotatable bonds is 5. The lowest BCUT2D eigenvalue weighted by Crippen LogP contribution is -2.55. The minimum Gasteiger partial charge on any atom is -0.367 e. The van der Waals surface area contributed by atoms with Crippen LogP contribution in [0.25, 0.3) is 11.1 Å². The van der Waals surface area contributed by atoms with Gasteiger partial charge in [-0.3, -0.25) is 14.5 Å². The van der Waals surface area contributed by atoms with E-state index in [9.17, 15) is 27.2 Å². The van der Waals surface area contributed by atoms with E-state index in [2.05, 4.69) is 10.3 Å². The number of benzene rings is 1. The number of likely N-dealkylation sites (N-methyl/N-ethyl adjacent to an activating group) is 1. The lowest BCUT2D eigenvalue weighted by Gasteiger charge is -2.44. The van der Waals surface area contributed by atoms with E-state index in [4.69, 9.17) is 0 Å². The third-order valence-electron chi connectivity index (χ3n) is 7.14. The number of carbonyl (C=O) groups is 1. The minimum atomic E-state index is -5.07. The maximum Gasteiger partial charge on any atom is 0.417 e. The second-order valence-corrected chi connectivity index (χ2v) is 10.2. The summed E-state index contributed by atoms with van der Waals surface area (Å²) < 4.78 is 87.5. The number of anilines is 3. The molecule has 1 aliphatic heterocycles. The lowest BCUT2D eigenvalue weighted by atomic mass is 10.0. The zero-order valence-electron chi connectivity index (χ0n) is 22.8. The van der Waals surface area contributed by atoms with Crippen LogP contribution in [0.5, 0.6) is 0 Å². The first-order valence-corrected chi connectivity index (χ1v) is 12.5. The van der Waals surface area contributed by atoms with Gasteiger partial charge < -0.3 is 20.1 Å². The Morgan fingerprint density at radius 2 is 1.71 bits per heavy atom. The molecule has 1 aromatic carbocycles. The quantitative estimate of drug-likeness (QED) is 0.424. The lowest BCUT2D eigenvalue weighted by molar-refractivity contribution is -0.138. The molecular weight excluding hydrogens is 554 g/mol. The van der Waals surface area contributed by atoms with Crippen LogP contribution in [-0.4, -0.2) is 67.1 Å². The van der Waals surface area contributed by atoms with Gasteiger partial charge in [-0.25, -0.2) is 18.2 Å². The third kappa shape index (κ3) is 5.87. The largest absolute Gasteiger partial charge is 0.417 e. The fraction of sp³-hybridized carbons (Fsp3) is 0.370. The molecule has 0 aliphatic carbocycles. The minimum absolute atomic E-state index is 0.0824. The van der Waals surface area contributed by atoms with E-state index in [1.165, 1.54) is 19.0 Å². The van der Waals surface area contributed by atoms with Gasteiger partial charge in [-0.15, -0.1) is 0 Å². The van der Waals surface area contributed by atoms with Crippen molar-refractivity contribution in [2.75, 3.05) is 49.3 Å². The van der Waals surface area contributed by atoms with Crippen LogP contribution in [0.2, 0.25) is 0 Å². The summed E-state index contributed by atoms with van der Waals surface area (Å²) in [6.07, 6.45) is -3.45. The van der Waals surface area contributed by atoms with Gasteiger partial charge in [0.05, 0.1) is 22.4 Å². The highest BCUT2D eigenvalue weighted by Gasteiger charge is 2.37. The molecule has 0 spiro atoms. The number of halogens is 6. The van der Waals surface area contributed by atoms with Crippen LogP contribution < -0.4 is 20.7 Å². The van der Waals surface area contributed by atoms with E-state index >= 15 is 8.78 Å². The number of amides is 1. The number of hydrogen-bond donors (Lipinski definition) is 2. The molecule has 3 heterocycles. The predicted octanol–water partition coefficient (Wildman–Crippen LogP) is 4.72. The zero-order chi connectivity index (χ0) is 30.4. The van der Waals surface area contributed by atoms with E-state index < -0.39 is 57.5 Å². The average Bonchev–Trinajstić information content (AvgIpc) is 2.87. The molecule has 8 nitrogen and oxygen atoms in total. The number of pyridine rings is 2. The second kappa shape index (κ2) is 11.1. The number of H-pyrrole nitrogens is 1. The number of nitrogens with one attached hydrogen (secondary N) is 2. The monoisotopic (exact) mass is 582 g/mol. The molecule has 3 aromatic rings. The van der Waals surface area contributed by atoms with Crippen LogP contribution in [0.4, 0.5) is 43.5 Å². The van der Waals surface area contributed by atoms with Gasteiger partial charge in [0.15, 0.2) is 17.5 Å². The number of piperazine rings is 1. The standard InChI is InChI=1S/C27H28F6N6O2/c1-13-11-39(12-14(2)38(13)5)20-8-18(28)22(15-6-19(29)25(35-9-15)37(3)4)23(30)24(20)36-26(41)16-10-34-21(40)7-17(16)27(31,32)33/h6-10,13-14H,11-12H2,1-5H3,(H,34,40)(H,36,41). The first-order chi connectivity index (χ1) is 19.1. The van der Waals surface area contributed by atoms with E-state index in [0.29, 0.717) is 6.20 Å². The van der Waals surface area contributed by atoms with Crippen molar-refractivity contribution in [3.05, 3.63) is 69.5 Å². The fourth-order valence-corrected chi connectivity index (χ4v) is 4.81. The Bertz CT molecular complexity index is 1530. The summed E-state index contributed by atoms with van der Waals surface area (Å²) in [6, 6.07) is 1.88. The summed E-state index contributed by atoms with van der Waals surface area (Å²) in [5.41, 5.74) is -5.33. The molecule has 1 saturated heterocycles. The Balaban J connectivity index is 1.89. The van der Waals surface area contributed by atoms with Gasteiger partial charge in [0, 0.05) is 69.4 Å². The molecule has 220 valence electrons. The molecular formula is C27H28F6N6O2. The Labute approximate surface area is 231 Å². The first kappa shape index (κ1) is 29.9. The Hall–Kier alpha value is -4.07. The van der Waals surface area contributed by atoms with Crippen LogP contribution in [0, 0.1) is 17.5 Å². The molecule has 1 fully saturated rings. The Morgan fingerprint density at radius 1 is 1.07 bits per heavy atom. The number of aromatic nitrogens is 2. The van der Waals surface area contributed by atoms with Crippen molar-refractivity contribution in [3.8, 4) is 11.1 Å². The number of carbonyl (C=O) groups excluding carboxylic acids is 1.